The Morgan fingerprint density at radius 2 is 0.527 bits per heavy atom. The third-order valence-corrected chi connectivity index (χ3v) is 32.7. The predicted octanol–water partition coefficient (Wildman–Crippen LogP) is 34.5. The maximum Gasteiger partial charge on any atom is 0.274 e. The molecule has 0 radical (unpaired) electrons. The first-order valence-corrected chi connectivity index (χ1v) is 53.4. The largest absolute Gasteiger partial charge is 0.274 e. The zero-order valence-electron chi connectivity index (χ0n) is 73.6. The summed E-state index contributed by atoms with van der Waals surface area (Å²) < 4.78 is 3.88. The maximum absolute atomic E-state index is 11.3. The summed E-state index contributed by atoms with van der Waals surface area (Å²) >= 11 is 28.6. The van der Waals surface area contributed by atoms with Crippen molar-refractivity contribution in [2.24, 2.45) is 39.9 Å². The number of aliphatic imine (C=N–C) groups is 8. The molecule has 13 aromatic rings. The van der Waals surface area contributed by atoms with Crippen LogP contribution in [-0.4, -0.2) is 96.2 Å². The molecule has 13 aromatic carbocycles. The Kier molecular flexibility index (Phi) is 35.1. The second-order valence-electron chi connectivity index (χ2n) is 30.9. The summed E-state index contributed by atoms with van der Waals surface area (Å²) in [6.07, 6.45) is 0. The van der Waals surface area contributed by atoms with Gasteiger partial charge in [0.1, 0.15) is 40.3 Å². The van der Waals surface area contributed by atoms with Crippen LogP contribution in [0.4, 0.5) is 56.9 Å². The highest BCUT2D eigenvalue weighted by Crippen LogP contribution is 2.48. The molecule has 0 N–H and O–H groups in total. The van der Waals surface area contributed by atoms with Gasteiger partial charge in [-0.1, -0.05) is 264 Å². The number of thioether (sulfide) groups is 8. The molecule has 0 spiro atoms. The van der Waals surface area contributed by atoms with Gasteiger partial charge in [-0.2, -0.15) is 0 Å². The summed E-state index contributed by atoms with van der Waals surface area (Å²) in [5.74, 6) is 8.31. The second-order valence-corrected chi connectivity index (χ2v) is 43.1. The van der Waals surface area contributed by atoms with Crippen molar-refractivity contribution < 1.29 is 9.85 Å². The van der Waals surface area contributed by atoms with Crippen LogP contribution >= 0.6 is 158 Å². The van der Waals surface area contributed by atoms with Gasteiger partial charge in [0.2, 0.25) is 0 Å². The fourth-order valence-electron chi connectivity index (χ4n) is 14.8. The number of para-hydroxylation sites is 3. The Labute approximate surface area is 834 Å². The van der Waals surface area contributed by atoms with Crippen molar-refractivity contribution >= 4 is 255 Å². The lowest BCUT2D eigenvalue weighted by Gasteiger charge is -2.19. The molecule has 26 heteroatoms. The van der Waals surface area contributed by atoms with E-state index < -0.39 is 9.85 Å². The third-order valence-electron chi connectivity index (χ3n) is 21.3. The standard InChI is InChI=1S/C36H30N2S2.C28H18Br4N2S2.C21H24N2S2.C20H20N4O4S2/c1-25-13-12-14-26(2)33(25)37-35-36(40-22-21-39-35)38-34-31(28-17-8-4-9-18-28)23-30(27-15-6-3-7-16-27)24-32(34)29-19-10-5-11-20-29;29-19-13-21(17-7-3-1-4-8-17)25(23(31)15-19)33-27-28(36-12-11-35-27)34-26-22(14-20(30)16-24(26)32)18-9-5-2-6-10-18;1-14(2)17-10-5-6-11-18(17)22-20-21(25-13-12-24-20)23-19-15(3)8-7-9-16(19)4;1-11-5-7-15(23(25)26)13(3)17(11)21-19-20(30-10-9-29-19)22-18-12(2)6-8-16(14(18)4)24(27)28/h3-20,23-24H,21-22H2,1-2H3;1-10,13-16H,11-12H2;5-11,14H,12-13H2,1-4H3;5-8H,9-10H2,1-4H3. The van der Waals surface area contributed by atoms with Crippen LogP contribution < -0.4 is 0 Å². The highest BCUT2D eigenvalue weighted by atomic mass is 79.9. The average molecular weight is 2130 g/mol. The zero-order valence-corrected chi connectivity index (χ0v) is 86.5. The van der Waals surface area contributed by atoms with E-state index in [4.69, 9.17) is 39.9 Å². The molecule has 0 amide bonds. The lowest BCUT2D eigenvalue weighted by Crippen LogP contribution is -2.15. The normalized spacial score (nSPS) is 16.5. The van der Waals surface area contributed by atoms with Crippen molar-refractivity contribution in [1.82, 2.24) is 0 Å². The molecule has 4 aliphatic heterocycles. The van der Waals surface area contributed by atoms with Crippen LogP contribution in [0.25, 0.3) is 55.6 Å². The van der Waals surface area contributed by atoms with Crippen LogP contribution in [0.2, 0.25) is 0 Å². The minimum atomic E-state index is -0.411. The molecule has 0 atom stereocenters. The zero-order chi connectivity index (χ0) is 92.2. The predicted molar refractivity (Wildman–Crippen MR) is 591 cm³/mol. The molecule has 4 aliphatic rings. The topological polar surface area (TPSA) is 185 Å². The molecule has 131 heavy (non-hydrogen) atoms. The van der Waals surface area contributed by atoms with E-state index in [0.29, 0.717) is 38.5 Å². The van der Waals surface area contributed by atoms with Gasteiger partial charge in [0.05, 0.1) is 66.5 Å². The molecule has 17 rings (SSSR count). The van der Waals surface area contributed by atoms with Gasteiger partial charge >= 0.3 is 0 Å². The quantitative estimate of drug-likeness (QED) is 0.0659. The highest BCUT2D eigenvalue weighted by Gasteiger charge is 2.28. The summed E-state index contributed by atoms with van der Waals surface area (Å²) in [7, 11) is 0. The smallest absolute Gasteiger partial charge is 0.258 e. The van der Waals surface area contributed by atoms with Gasteiger partial charge in [-0.05, 0) is 208 Å². The van der Waals surface area contributed by atoms with E-state index in [-0.39, 0.29) is 11.4 Å². The molecular formula is C105H92Br4N10O4S8. The van der Waals surface area contributed by atoms with E-state index in [1.54, 1.807) is 73.0 Å². The molecule has 14 nitrogen and oxygen atoms in total. The SMILES string of the molecule is Brc1cc(Br)c(N=C2SCCSC2=Nc2c(Br)cc(Br)cc2-c2ccccc2)c(-c2ccccc2)c1.Cc1ccc([N+](=O)[O-])c(C)c1N=C1SCCSC1=Nc1c(C)ccc([N+](=O)[O-])c1C.Cc1cccc(C)c1N=C1SCCSC1=Nc1c(-c2ccccc2)cc(-c2ccccc2)cc1-c1ccccc1.Cc1cccc(C)c1N=C1SCCSC1=Nc1ccccc1C(C)C. The molecule has 4 heterocycles. The van der Waals surface area contributed by atoms with Crippen molar-refractivity contribution in [2.75, 3.05) is 46.0 Å². The van der Waals surface area contributed by atoms with Gasteiger partial charge in [-0.3, -0.25) is 20.2 Å². The first kappa shape index (κ1) is 97.8. The molecule has 4 fully saturated rings. The molecular weight excluding hydrogens is 2040 g/mol. The summed E-state index contributed by atoms with van der Waals surface area (Å²) in [4.78, 5) is 62.4. The van der Waals surface area contributed by atoms with E-state index in [9.17, 15) is 20.2 Å². The van der Waals surface area contributed by atoms with Crippen LogP contribution in [0.5, 0.6) is 0 Å². The Morgan fingerprint density at radius 3 is 0.840 bits per heavy atom. The number of hydrogen-bond donors (Lipinski definition) is 0. The van der Waals surface area contributed by atoms with Gasteiger partial charge in [-0.15, -0.1) is 94.1 Å². The summed E-state index contributed by atoms with van der Waals surface area (Å²) in [6.45, 7) is 20.1. The van der Waals surface area contributed by atoms with Crippen LogP contribution in [0.15, 0.2) is 331 Å². The van der Waals surface area contributed by atoms with Gasteiger partial charge in [-0.25, -0.2) is 39.9 Å². The van der Waals surface area contributed by atoms with Crippen LogP contribution in [0.1, 0.15) is 69.8 Å². The number of halogens is 4. The highest BCUT2D eigenvalue weighted by molar-refractivity contribution is 9.11. The van der Waals surface area contributed by atoms with Crippen molar-refractivity contribution in [3.05, 3.63) is 361 Å². The summed E-state index contributed by atoms with van der Waals surface area (Å²) in [5.41, 5.74) is 27.2. The fourth-order valence-corrected chi connectivity index (χ4v) is 25.6. The van der Waals surface area contributed by atoms with Crippen molar-refractivity contribution in [2.45, 2.75) is 75.2 Å². The van der Waals surface area contributed by atoms with Crippen LogP contribution in [-0.2, 0) is 0 Å². The average Bonchev–Trinajstić information content (AvgIpc) is 0.754. The Hall–Kier alpha value is -9.26. The van der Waals surface area contributed by atoms with Gasteiger partial charge in [0.15, 0.2) is 0 Å². The van der Waals surface area contributed by atoms with E-state index in [1.807, 2.05) is 61.6 Å². The molecule has 0 saturated carbocycles. The Morgan fingerprint density at radius 1 is 0.267 bits per heavy atom. The molecule has 0 aliphatic carbocycles. The molecule has 0 unspecified atom stereocenters. The lowest BCUT2D eigenvalue weighted by atomic mass is 9.91. The second kappa shape index (κ2) is 47.1. The summed E-state index contributed by atoms with van der Waals surface area (Å²) in [6, 6.07) is 93.0. The fraction of sp³-hybridized carbons (Fsp3) is 0.181. The van der Waals surface area contributed by atoms with Gasteiger partial charge in [0.25, 0.3) is 11.4 Å². The monoisotopic (exact) mass is 2130 g/mol. The Balaban J connectivity index is 0.000000143. The number of nitro benzene ring substituents is 2. The maximum atomic E-state index is 11.3. The first-order chi connectivity index (χ1) is 63.4. The molecule has 0 aromatic heterocycles. The van der Waals surface area contributed by atoms with E-state index >= 15 is 0 Å². The number of benzene rings is 13. The minimum Gasteiger partial charge on any atom is -0.258 e. The number of rotatable bonds is 16. The molecule has 0 bridgehead atoms. The number of aryl methyl sites for hydroxylation is 6. The van der Waals surface area contributed by atoms with Crippen molar-refractivity contribution in [3.63, 3.8) is 0 Å². The number of hydrogen-bond acceptors (Lipinski definition) is 20. The van der Waals surface area contributed by atoms with Crippen molar-refractivity contribution in [3.8, 4) is 55.6 Å². The molecule has 662 valence electrons. The van der Waals surface area contributed by atoms with Gasteiger partial charge < -0.3 is 0 Å². The van der Waals surface area contributed by atoms with Crippen LogP contribution in [0.3, 0.4) is 0 Å². The summed E-state index contributed by atoms with van der Waals surface area (Å²) in [5, 5.41) is 29.9. The van der Waals surface area contributed by atoms with E-state index in [2.05, 4.69) is 330 Å². The van der Waals surface area contributed by atoms with E-state index in [1.165, 1.54) is 74.6 Å². The van der Waals surface area contributed by atoms with E-state index in [0.717, 1.165) is 184 Å². The van der Waals surface area contributed by atoms with Gasteiger partial charge in [0, 0.05) is 98.3 Å². The molecule has 4 saturated heterocycles. The third kappa shape index (κ3) is 25.2. The lowest BCUT2D eigenvalue weighted by molar-refractivity contribution is -0.385. The van der Waals surface area contributed by atoms with Crippen LogP contribution in [0, 0.1) is 75.6 Å². The number of nitrogens with zero attached hydrogens (tertiary/aromatic N) is 10. The minimum absolute atomic E-state index is 0.0253. The first-order valence-electron chi connectivity index (χ1n) is 42.3. The van der Waals surface area contributed by atoms with Crippen molar-refractivity contribution in [1.29, 1.82) is 0 Å². The Bertz CT molecular complexity index is 6380. The number of nitro groups is 2.